The Morgan fingerprint density at radius 3 is 1.40 bits per heavy atom. The maximum atomic E-state index is 4.27. The largest absolute Gasteiger partial charge is 0.122 e. The van der Waals surface area contributed by atoms with Gasteiger partial charge in [0.2, 0.25) is 0 Å². The molecule has 1 unspecified atom stereocenters. The van der Waals surface area contributed by atoms with E-state index in [1.54, 1.807) is 0 Å². The van der Waals surface area contributed by atoms with Gasteiger partial charge in [0.05, 0.1) is 0 Å². The van der Waals surface area contributed by atoms with Crippen molar-refractivity contribution in [3.8, 4) is 0 Å². The summed E-state index contributed by atoms with van der Waals surface area (Å²) in [6.07, 6.45) is 0. The predicted molar refractivity (Wildman–Crippen MR) is 68.7 cm³/mol. The molecule has 0 saturated carbocycles. The van der Waals surface area contributed by atoms with Gasteiger partial charge in [0.15, 0.2) is 0 Å². The summed E-state index contributed by atoms with van der Waals surface area (Å²) in [7, 11) is 2.83. The van der Waals surface area contributed by atoms with E-state index in [-0.39, 0.29) is 5.16 Å². The van der Waals surface area contributed by atoms with Crippen LogP contribution in [-0.4, -0.2) is 0 Å². The summed E-state index contributed by atoms with van der Waals surface area (Å²) in [6, 6.07) is 20.6. The smallest absolute Gasteiger partial charge is 0.0345 e. The van der Waals surface area contributed by atoms with E-state index in [1.165, 1.54) is 11.1 Å². The normalized spacial score (nSPS) is 11.3. The minimum atomic E-state index is -0.247. The van der Waals surface area contributed by atoms with Crippen molar-refractivity contribution in [2.75, 3.05) is 0 Å². The molecule has 0 aliphatic heterocycles. The minimum absolute atomic E-state index is 0.247. The van der Waals surface area contributed by atoms with Crippen LogP contribution in [0.15, 0.2) is 60.7 Å². The van der Waals surface area contributed by atoms with E-state index >= 15 is 0 Å². The third-order valence-electron chi connectivity index (χ3n) is 2.58. The summed E-state index contributed by atoms with van der Waals surface area (Å²) in [6.45, 7) is 4.27. The van der Waals surface area contributed by atoms with E-state index in [0.717, 1.165) is 0 Å². The van der Waals surface area contributed by atoms with Gasteiger partial charge in [-0.15, -0.1) is 9.24 Å². The topological polar surface area (TPSA) is 0 Å². The van der Waals surface area contributed by atoms with Crippen LogP contribution in [-0.2, 0) is 5.16 Å². The molecule has 0 heterocycles. The first-order chi connectivity index (χ1) is 7.21. The summed E-state index contributed by atoms with van der Waals surface area (Å²) in [5.74, 6) is 0. The highest BCUT2D eigenvalue weighted by molar-refractivity contribution is 7.19. The highest BCUT2D eigenvalue weighted by Gasteiger charge is 2.22. The molecule has 0 saturated heterocycles. The molecule has 15 heavy (non-hydrogen) atoms. The first kappa shape index (κ1) is 10.4. The molecule has 0 spiro atoms. The Kier molecular flexibility index (Phi) is 2.88. The quantitative estimate of drug-likeness (QED) is 0.668. The van der Waals surface area contributed by atoms with Gasteiger partial charge in [0.1, 0.15) is 0 Å². The molecule has 0 amide bonds. The Morgan fingerprint density at radius 1 is 0.733 bits per heavy atom. The van der Waals surface area contributed by atoms with Crippen LogP contribution in [0.25, 0.3) is 0 Å². The maximum absolute atomic E-state index is 4.27. The lowest BCUT2D eigenvalue weighted by atomic mass is 9.92. The molecule has 2 aromatic carbocycles. The summed E-state index contributed by atoms with van der Waals surface area (Å²) in [4.78, 5) is 0. The fourth-order valence-corrected chi connectivity index (χ4v) is 2.02. The molecule has 0 aliphatic carbocycles. The van der Waals surface area contributed by atoms with E-state index in [1.807, 2.05) is 36.4 Å². The van der Waals surface area contributed by atoms with Gasteiger partial charge in [0, 0.05) is 5.16 Å². The number of benzene rings is 2. The fourth-order valence-electron chi connectivity index (χ4n) is 1.64. The molecule has 1 radical (unpaired) electrons. The second-order valence-electron chi connectivity index (χ2n) is 3.70. The zero-order valence-electron chi connectivity index (χ0n) is 8.56. The van der Waals surface area contributed by atoms with Crippen molar-refractivity contribution in [3.63, 3.8) is 0 Å². The Morgan fingerprint density at radius 2 is 1.07 bits per heavy atom. The molecule has 0 nitrogen and oxygen atoms in total. The van der Waals surface area contributed by atoms with Gasteiger partial charge in [-0.05, 0) is 18.1 Å². The second-order valence-corrected chi connectivity index (χ2v) is 4.69. The molecule has 0 aliphatic rings. The zero-order valence-corrected chi connectivity index (χ0v) is 9.71. The molecule has 1 atom stereocenters. The first-order valence-corrected chi connectivity index (χ1v) is 5.54. The van der Waals surface area contributed by atoms with Crippen molar-refractivity contribution < 1.29 is 0 Å². The Labute approximate surface area is 93.5 Å². The maximum Gasteiger partial charge on any atom is 0.0345 e. The average Bonchev–Trinajstić information content (AvgIpc) is 2.31. The van der Waals surface area contributed by atoms with Crippen LogP contribution in [0.3, 0.4) is 0 Å². The van der Waals surface area contributed by atoms with E-state index < -0.39 is 0 Å². The van der Waals surface area contributed by atoms with Crippen molar-refractivity contribution >= 4 is 9.24 Å². The van der Waals surface area contributed by atoms with E-state index in [4.69, 9.17) is 0 Å². The molecular formula is C14H14P. The predicted octanol–water partition coefficient (Wildman–Crippen LogP) is 3.64. The molecule has 0 aromatic heterocycles. The van der Waals surface area contributed by atoms with E-state index in [9.17, 15) is 0 Å². The summed E-state index contributed by atoms with van der Waals surface area (Å²) >= 11 is 0. The standard InChI is InChI=1S/C14H14P/c1-14(15,12-8-4-2-5-9-12)13-10-6-3-7-11-13/h2-11H,1,15H2. The molecule has 2 aromatic rings. The van der Waals surface area contributed by atoms with Crippen molar-refractivity contribution in [1.29, 1.82) is 0 Å². The first-order valence-electron chi connectivity index (χ1n) is 4.96. The Bertz CT molecular complexity index is 376. The third kappa shape index (κ3) is 2.11. The highest BCUT2D eigenvalue weighted by Crippen LogP contribution is 2.37. The van der Waals surface area contributed by atoms with E-state index in [0.29, 0.717) is 0 Å². The Hall–Kier alpha value is -1.13. The SMILES string of the molecule is [CH2]C(P)(c1ccccc1)c1ccccc1. The monoisotopic (exact) mass is 213 g/mol. The van der Waals surface area contributed by atoms with Gasteiger partial charge < -0.3 is 0 Å². The van der Waals surface area contributed by atoms with Gasteiger partial charge in [-0.2, -0.15) is 0 Å². The van der Waals surface area contributed by atoms with Crippen molar-refractivity contribution in [1.82, 2.24) is 0 Å². The van der Waals surface area contributed by atoms with Crippen molar-refractivity contribution in [2.24, 2.45) is 0 Å². The Balaban J connectivity index is 2.44. The lowest BCUT2D eigenvalue weighted by molar-refractivity contribution is 0.937. The highest BCUT2D eigenvalue weighted by atomic mass is 31.0. The fraction of sp³-hybridized carbons (Fsp3) is 0.0714. The van der Waals surface area contributed by atoms with Gasteiger partial charge in [-0.3, -0.25) is 0 Å². The van der Waals surface area contributed by atoms with Crippen LogP contribution in [0.1, 0.15) is 11.1 Å². The van der Waals surface area contributed by atoms with Crippen LogP contribution in [0.2, 0.25) is 0 Å². The van der Waals surface area contributed by atoms with Gasteiger partial charge >= 0.3 is 0 Å². The van der Waals surface area contributed by atoms with Gasteiger partial charge in [-0.25, -0.2) is 0 Å². The van der Waals surface area contributed by atoms with Crippen molar-refractivity contribution in [3.05, 3.63) is 78.7 Å². The molecule has 0 bridgehead atoms. The zero-order chi connectivity index (χ0) is 10.7. The molecule has 0 N–H and O–H groups in total. The van der Waals surface area contributed by atoms with Crippen LogP contribution in [0, 0.1) is 6.92 Å². The minimum Gasteiger partial charge on any atom is -0.122 e. The van der Waals surface area contributed by atoms with E-state index in [2.05, 4.69) is 40.4 Å². The van der Waals surface area contributed by atoms with Crippen LogP contribution in [0.5, 0.6) is 0 Å². The summed E-state index contributed by atoms with van der Waals surface area (Å²) < 4.78 is 0. The van der Waals surface area contributed by atoms with Gasteiger partial charge in [-0.1, -0.05) is 60.7 Å². The third-order valence-corrected chi connectivity index (χ3v) is 3.24. The summed E-state index contributed by atoms with van der Waals surface area (Å²) in [5, 5.41) is -0.247. The number of hydrogen-bond acceptors (Lipinski definition) is 0. The second kappa shape index (κ2) is 4.16. The number of rotatable bonds is 2. The summed E-state index contributed by atoms with van der Waals surface area (Å²) in [5.41, 5.74) is 2.42. The van der Waals surface area contributed by atoms with Gasteiger partial charge in [0.25, 0.3) is 0 Å². The molecule has 1 heteroatoms. The average molecular weight is 213 g/mol. The molecule has 0 fully saturated rings. The molecule has 75 valence electrons. The lowest BCUT2D eigenvalue weighted by Crippen LogP contribution is -2.14. The lowest BCUT2D eigenvalue weighted by Gasteiger charge is -2.25. The molecular weight excluding hydrogens is 199 g/mol. The number of hydrogen-bond donors (Lipinski definition) is 0. The van der Waals surface area contributed by atoms with Crippen LogP contribution >= 0.6 is 9.24 Å². The molecule has 2 rings (SSSR count). The van der Waals surface area contributed by atoms with Crippen LogP contribution in [0.4, 0.5) is 0 Å². The van der Waals surface area contributed by atoms with Crippen molar-refractivity contribution in [2.45, 2.75) is 5.16 Å². The van der Waals surface area contributed by atoms with Crippen LogP contribution < -0.4 is 0 Å².